The smallest absolute Gasteiger partial charge is 0.252 e. The van der Waals surface area contributed by atoms with Crippen molar-refractivity contribution in [1.82, 2.24) is 4.90 Å². The highest BCUT2D eigenvalue weighted by Crippen LogP contribution is 2.33. The lowest BCUT2D eigenvalue weighted by Crippen LogP contribution is -2.32. The molecule has 3 rings (SSSR count). The van der Waals surface area contributed by atoms with Gasteiger partial charge in [-0.05, 0) is 42.0 Å². The molecule has 0 atom stereocenters. The number of methoxy groups -OCH3 is 1. The molecule has 0 aliphatic carbocycles. The minimum atomic E-state index is -0.288. The van der Waals surface area contributed by atoms with E-state index in [1.807, 2.05) is 31.1 Å². The maximum Gasteiger partial charge on any atom is 0.252 e. The normalized spacial score (nSPS) is 14.2. The van der Waals surface area contributed by atoms with E-state index in [0.29, 0.717) is 23.1 Å². The fourth-order valence-corrected chi connectivity index (χ4v) is 3.25. The molecule has 0 spiro atoms. The summed E-state index contributed by atoms with van der Waals surface area (Å²) in [6.07, 6.45) is 0. The van der Waals surface area contributed by atoms with E-state index in [2.05, 4.69) is 0 Å². The summed E-state index contributed by atoms with van der Waals surface area (Å²) in [4.78, 5) is 17.8. The molecule has 2 aromatic rings. The fourth-order valence-electron chi connectivity index (χ4n) is 2.91. The maximum absolute atomic E-state index is 13.1. The lowest BCUT2D eigenvalue weighted by molar-refractivity contribution is -0.116. The van der Waals surface area contributed by atoms with Gasteiger partial charge in [0, 0.05) is 26.7 Å². The first-order valence-corrected chi connectivity index (χ1v) is 8.53. The first kappa shape index (κ1) is 18.1. The van der Waals surface area contributed by atoms with Crippen molar-refractivity contribution in [1.29, 1.82) is 0 Å². The van der Waals surface area contributed by atoms with Crippen molar-refractivity contribution in [3.8, 4) is 5.75 Å². The molecule has 1 saturated heterocycles. The molecule has 1 aliphatic rings. The molecule has 26 heavy (non-hydrogen) atoms. The average molecular weight is 373 g/mol. The van der Waals surface area contributed by atoms with Gasteiger partial charge in [-0.1, -0.05) is 12.1 Å². The van der Waals surface area contributed by atoms with E-state index in [4.69, 9.17) is 17.0 Å². The Hall–Kier alpha value is -2.67. The Labute approximate surface area is 157 Å². The molecular formula is C19H20FN3O2S. The van der Waals surface area contributed by atoms with Crippen LogP contribution in [0.25, 0.3) is 0 Å². The highest BCUT2D eigenvalue weighted by Gasteiger charge is 2.34. The molecule has 2 aromatic carbocycles. The zero-order valence-corrected chi connectivity index (χ0v) is 15.7. The summed E-state index contributed by atoms with van der Waals surface area (Å²) in [6.45, 7) is 0.641. The molecular weight excluding hydrogens is 353 g/mol. The summed E-state index contributed by atoms with van der Waals surface area (Å²) in [7, 11) is 5.44. The minimum Gasteiger partial charge on any atom is -0.495 e. The molecule has 1 aliphatic heterocycles. The van der Waals surface area contributed by atoms with Crippen LogP contribution in [0.5, 0.6) is 5.75 Å². The Bertz CT molecular complexity index is 839. The Morgan fingerprint density at radius 2 is 1.88 bits per heavy atom. The van der Waals surface area contributed by atoms with Gasteiger partial charge in [-0.25, -0.2) is 4.39 Å². The summed E-state index contributed by atoms with van der Waals surface area (Å²) in [5, 5.41) is 0.430. The first-order chi connectivity index (χ1) is 12.4. The molecule has 0 saturated carbocycles. The van der Waals surface area contributed by atoms with E-state index in [9.17, 15) is 9.18 Å². The fraction of sp³-hybridized carbons (Fsp3) is 0.263. The Morgan fingerprint density at radius 3 is 2.50 bits per heavy atom. The van der Waals surface area contributed by atoms with Gasteiger partial charge in [0.2, 0.25) is 0 Å². The molecule has 1 amide bonds. The zero-order chi connectivity index (χ0) is 18.8. The van der Waals surface area contributed by atoms with Crippen LogP contribution < -0.4 is 14.5 Å². The predicted octanol–water partition coefficient (Wildman–Crippen LogP) is 3.03. The molecule has 1 heterocycles. The molecule has 0 N–H and O–H groups in total. The van der Waals surface area contributed by atoms with Crippen LogP contribution in [0.4, 0.5) is 15.8 Å². The van der Waals surface area contributed by atoms with Crippen molar-refractivity contribution in [2.75, 3.05) is 37.5 Å². The monoisotopic (exact) mass is 373 g/mol. The quantitative estimate of drug-likeness (QED) is 0.753. The number of carbonyl (C=O) groups excluding carboxylic acids is 1. The minimum absolute atomic E-state index is 0.100. The Kier molecular flexibility index (Phi) is 5.08. The average Bonchev–Trinajstić information content (AvgIpc) is 2.89. The molecule has 1 fully saturated rings. The third-order valence-corrected chi connectivity index (χ3v) is 4.67. The summed E-state index contributed by atoms with van der Waals surface area (Å²) in [5.74, 6) is 0.278. The Balaban J connectivity index is 1.84. The first-order valence-electron chi connectivity index (χ1n) is 8.12. The van der Waals surface area contributed by atoms with Gasteiger partial charge in [-0.15, -0.1) is 0 Å². The lowest BCUT2D eigenvalue weighted by atomic mass is 10.2. The van der Waals surface area contributed by atoms with Crippen molar-refractivity contribution < 1.29 is 13.9 Å². The number of nitrogens with zero attached hydrogens (tertiary/aromatic N) is 3. The lowest BCUT2D eigenvalue weighted by Gasteiger charge is -2.22. The van der Waals surface area contributed by atoms with Crippen molar-refractivity contribution in [2.24, 2.45) is 0 Å². The number of hydrogen-bond acceptors (Lipinski definition) is 4. The Morgan fingerprint density at radius 1 is 1.19 bits per heavy atom. The van der Waals surface area contributed by atoms with Crippen LogP contribution >= 0.6 is 12.2 Å². The van der Waals surface area contributed by atoms with Crippen LogP contribution in [-0.4, -0.2) is 43.7 Å². The summed E-state index contributed by atoms with van der Waals surface area (Å²) in [5.41, 5.74) is 2.48. The second-order valence-corrected chi connectivity index (χ2v) is 6.61. The van der Waals surface area contributed by atoms with Gasteiger partial charge in [0.15, 0.2) is 5.11 Å². The van der Waals surface area contributed by atoms with Crippen LogP contribution in [-0.2, 0) is 11.3 Å². The van der Waals surface area contributed by atoms with Crippen molar-refractivity contribution in [3.63, 3.8) is 0 Å². The summed E-state index contributed by atoms with van der Waals surface area (Å²) < 4.78 is 18.5. The number of carbonyl (C=O) groups is 1. The topological polar surface area (TPSA) is 36.0 Å². The van der Waals surface area contributed by atoms with E-state index >= 15 is 0 Å². The van der Waals surface area contributed by atoms with Crippen molar-refractivity contribution in [2.45, 2.75) is 6.54 Å². The number of ether oxygens (including phenoxy) is 1. The number of halogens is 1. The molecule has 136 valence electrons. The highest BCUT2D eigenvalue weighted by molar-refractivity contribution is 7.80. The maximum atomic E-state index is 13.1. The molecule has 0 bridgehead atoms. The van der Waals surface area contributed by atoms with E-state index in [-0.39, 0.29) is 18.3 Å². The second-order valence-electron chi connectivity index (χ2n) is 6.24. The van der Waals surface area contributed by atoms with Gasteiger partial charge < -0.3 is 14.5 Å². The predicted molar refractivity (Wildman–Crippen MR) is 104 cm³/mol. The largest absolute Gasteiger partial charge is 0.495 e. The van der Waals surface area contributed by atoms with Gasteiger partial charge >= 0.3 is 0 Å². The molecule has 0 unspecified atom stereocenters. The van der Waals surface area contributed by atoms with E-state index in [0.717, 1.165) is 11.3 Å². The van der Waals surface area contributed by atoms with Crippen molar-refractivity contribution in [3.05, 3.63) is 53.8 Å². The van der Waals surface area contributed by atoms with Gasteiger partial charge in [-0.2, -0.15) is 0 Å². The molecule has 0 aromatic heterocycles. The van der Waals surface area contributed by atoms with Gasteiger partial charge in [-0.3, -0.25) is 9.69 Å². The molecule has 0 radical (unpaired) electrons. The molecule has 7 heteroatoms. The summed E-state index contributed by atoms with van der Waals surface area (Å²) in [6, 6.07) is 11.7. The number of rotatable bonds is 5. The van der Waals surface area contributed by atoms with Crippen LogP contribution in [0.15, 0.2) is 42.5 Å². The van der Waals surface area contributed by atoms with E-state index in [1.165, 1.54) is 17.0 Å². The van der Waals surface area contributed by atoms with Crippen LogP contribution in [0.1, 0.15) is 5.56 Å². The van der Waals surface area contributed by atoms with Gasteiger partial charge in [0.25, 0.3) is 5.91 Å². The number of hydrogen-bond donors (Lipinski definition) is 0. The summed E-state index contributed by atoms with van der Waals surface area (Å²) >= 11 is 5.52. The van der Waals surface area contributed by atoms with Gasteiger partial charge in [0.05, 0.1) is 18.5 Å². The second kappa shape index (κ2) is 7.29. The van der Waals surface area contributed by atoms with Gasteiger partial charge in [0.1, 0.15) is 18.1 Å². The third-order valence-electron chi connectivity index (χ3n) is 4.23. The standard InChI is InChI=1S/C19H20FN3O2S/c1-21(2)16-9-8-15(10-17(16)25-3)23-18(24)12-22(19(23)26)11-13-4-6-14(20)7-5-13/h4-10H,11-12H2,1-3H3. The zero-order valence-electron chi connectivity index (χ0n) is 14.9. The van der Waals surface area contributed by atoms with Crippen molar-refractivity contribution >= 4 is 34.6 Å². The van der Waals surface area contributed by atoms with Crippen LogP contribution in [0.2, 0.25) is 0 Å². The van der Waals surface area contributed by atoms with E-state index in [1.54, 1.807) is 30.2 Å². The SMILES string of the molecule is COc1cc(N2C(=O)CN(Cc3ccc(F)cc3)C2=S)ccc1N(C)C. The number of benzene rings is 2. The third kappa shape index (κ3) is 3.48. The van der Waals surface area contributed by atoms with E-state index < -0.39 is 0 Å². The number of anilines is 2. The number of amides is 1. The number of thiocarbonyl (C=S) groups is 1. The highest BCUT2D eigenvalue weighted by atomic mass is 32.1. The van der Waals surface area contributed by atoms with Crippen LogP contribution in [0, 0.1) is 5.82 Å². The molecule has 5 nitrogen and oxygen atoms in total. The van der Waals surface area contributed by atoms with Crippen LogP contribution in [0.3, 0.4) is 0 Å².